The molecule has 266 valence electrons. The quantitative estimate of drug-likeness (QED) is 0.181. The average molecular weight is 732 g/mol. The number of para-hydroxylation sites is 11. The molecule has 6 aromatic heterocycles. The maximum Gasteiger partial charge on any atom is 0.221 e. The highest BCUT2D eigenvalue weighted by Gasteiger charge is 2.24. The smallest absolute Gasteiger partial charge is 0.221 e. The number of hydrogen-bond donors (Lipinski definition) is 0. The van der Waals surface area contributed by atoms with Crippen LogP contribution in [-0.2, 0) is 0 Å². The van der Waals surface area contributed by atoms with E-state index >= 15 is 0 Å². The second-order valence-electron chi connectivity index (χ2n) is 14.4. The van der Waals surface area contributed by atoms with Gasteiger partial charge in [0.2, 0.25) is 11.6 Å². The molecule has 0 aliphatic rings. The molecule has 0 spiro atoms. The SMILES string of the molecule is c1ccc(-n2c3ccccc3c3ccccc32)c(-c2nc(-n3c4ccccc4n4c5ccccc5nc34)cc(-n3c4ccccc4n4c5ccccc5nc34)n2)c1. The van der Waals surface area contributed by atoms with Gasteiger partial charge in [0.05, 0.1) is 60.9 Å². The second kappa shape index (κ2) is 11.2. The van der Waals surface area contributed by atoms with Crippen molar-refractivity contribution in [2.75, 3.05) is 0 Å². The lowest BCUT2D eigenvalue weighted by Crippen LogP contribution is -2.08. The molecule has 0 atom stereocenters. The Morgan fingerprint density at radius 3 is 1.25 bits per heavy atom. The fourth-order valence-corrected chi connectivity index (χ4v) is 8.96. The van der Waals surface area contributed by atoms with Crippen molar-refractivity contribution < 1.29 is 0 Å². The van der Waals surface area contributed by atoms with Crippen molar-refractivity contribution in [2.45, 2.75) is 0 Å². The molecule has 57 heavy (non-hydrogen) atoms. The second-order valence-corrected chi connectivity index (χ2v) is 14.4. The van der Waals surface area contributed by atoms with Crippen molar-refractivity contribution in [3.05, 3.63) is 176 Å². The molecule has 13 rings (SSSR count). The Labute approximate surface area is 323 Å². The van der Waals surface area contributed by atoms with Crippen LogP contribution in [0.15, 0.2) is 176 Å². The molecule has 0 unspecified atom stereocenters. The van der Waals surface area contributed by atoms with Gasteiger partial charge in [0.25, 0.3) is 0 Å². The zero-order chi connectivity index (χ0) is 37.2. The van der Waals surface area contributed by atoms with Crippen molar-refractivity contribution in [1.82, 2.24) is 42.4 Å². The number of fused-ring (bicyclic) bond motifs is 13. The zero-order valence-electron chi connectivity index (χ0n) is 30.3. The predicted octanol–water partition coefficient (Wildman–Crippen LogP) is 10.7. The molecule has 9 nitrogen and oxygen atoms in total. The first kappa shape index (κ1) is 30.3. The van der Waals surface area contributed by atoms with Gasteiger partial charge in [-0.1, -0.05) is 97.1 Å². The lowest BCUT2D eigenvalue weighted by Gasteiger charge is -2.15. The number of rotatable bonds is 4. The van der Waals surface area contributed by atoms with E-state index in [0.29, 0.717) is 17.5 Å². The third kappa shape index (κ3) is 4.11. The van der Waals surface area contributed by atoms with E-state index in [2.05, 4.69) is 186 Å². The van der Waals surface area contributed by atoms with Gasteiger partial charge in [0.1, 0.15) is 11.6 Å². The predicted molar refractivity (Wildman–Crippen MR) is 228 cm³/mol. The Morgan fingerprint density at radius 1 is 0.316 bits per heavy atom. The van der Waals surface area contributed by atoms with Gasteiger partial charge in [-0.25, -0.2) is 19.9 Å². The van der Waals surface area contributed by atoms with Crippen molar-refractivity contribution in [1.29, 1.82) is 0 Å². The lowest BCUT2D eigenvalue weighted by atomic mass is 10.1. The Balaban J connectivity index is 1.17. The molecule has 13 aromatic rings. The minimum atomic E-state index is 0.582. The molecular formula is C48H29N9. The van der Waals surface area contributed by atoms with Crippen molar-refractivity contribution in [2.24, 2.45) is 0 Å². The first-order valence-electron chi connectivity index (χ1n) is 19.0. The Bertz CT molecular complexity index is 3560. The molecule has 6 heterocycles. The molecule has 0 N–H and O–H groups in total. The van der Waals surface area contributed by atoms with Gasteiger partial charge in [-0.2, -0.15) is 0 Å². The molecule has 0 bridgehead atoms. The molecule has 9 heteroatoms. The van der Waals surface area contributed by atoms with Gasteiger partial charge in [-0.15, -0.1) is 0 Å². The Kier molecular flexibility index (Phi) is 5.98. The van der Waals surface area contributed by atoms with Gasteiger partial charge >= 0.3 is 0 Å². The normalized spacial score (nSPS) is 12.2. The molecular weight excluding hydrogens is 703 g/mol. The van der Waals surface area contributed by atoms with Gasteiger partial charge in [-0.3, -0.25) is 17.9 Å². The third-order valence-corrected chi connectivity index (χ3v) is 11.3. The summed E-state index contributed by atoms with van der Waals surface area (Å²) < 4.78 is 11.1. The fourth-order valence-electron chi connectivity index (χ4n) is 8.96. The molecule has 0 aliphatic heterocycles. The summed E-state index contributed by atoms with van der Waals surface area (Å²) in [5, 5.41) is 2.39. The van der Waals surface area contributed by atoms with Gasteiger partial charge in [0.15, 0.2) is 5.82 Å². The summed E-state index contributed by atoms with van der Waals surface area (Å²) in [6.45, 7) is 0. The van der Waals surface area contributed by atoms with Crippen LogP contribution in [0, 0.1) is 0 Å². The van der Waals surface area contributed by atoms with E-state index in [1.165, 1.54) is 10.8 Å². The number of benzene rings is 7. The Hall–Kier alpha value is -8.04. The third-order valence-electron chi connectivity index (χ3n) is 11.3. The number of nitrogens with zero attached hydrogens (tertiary/aromatic N) is 9. The van der Waals surface area contributed by atoms with Crippen LogP contribution in [0.5, 0.6) is 0 Å². The number of aromatic nitrogens is 9. The van der Waals surface area contributed by atoms with Crippen LogP contribution in [-0.4, -0.2) is 42.4 Å². The van der Waals surface area contributed by atoms with E-state index in [4.69, 9.17) is 19.9 Å². The molecule has 7 aromatic carbocycles. The van der Waals surface area contributed by atoms with Crippen LogP contribution < -0.4 is 0 Å². The summed E-state index contributed by atoms with van der Waals surface area (Å²) >= 11 is 0. The molecule has 0 fully saturated rings. The lowest BCUT2D eigenvalue weighted by molar-refractivity contribution is 0.968. The van der Waals surface area contributed by atoms with Crippen molar-refractivity contribution in [3.8, 4) is 28.7 Å². The summed E-state index contributed by atoms with van der Waals surface area (Å²) in [5.41, 5.74) is 12.1. The van der Waals surface area contributed by atoms with Crippen molar-refractivity contribution in [3.63, 3.8) is 0 Å². The topological polar surface area (TPSA) is 75.2 Å². The van der Waals surface area contributed by atoms with E-state index in [-0.39, 0.29) is 0 Å². The van der Waals surface area contributed by atoms with Crippen LogP contribution in [0.4, 0.5) is 0 Å². The van der Waals surface area contributed by atoms with Crippen LogP contribution in [0.2, 0.25) is 0 Å². The van der Waals surface area contributed by atoms with E-state index in [9.17, 15) is 0 Å². The van der Waals surface area contributed by atoms with Gasteiger partial charge in [0, 0.05) is 22.4 Å². The first-order chi connectivity index (χ1) is 28.3. The standard InChI is InChI=1S/C48H29N9/c1-6-20-35-30(15-1)31-16-2-7-21-36(31)53(35)37-22-8-3-17-32(37)46-51-44(56-42-27-13-11-25-40(42)54-38-23-9-4-18-33(38)49-47(54)56)29-45(52-46)57-43-28-14-12-26-41(43)55-39-24-10-5-19-34(39)50-48(55)57/h1-29H. The van der Waals surface area contributed by atoms with Crippen LogP contribution >= 0.6 is 0 Å². The average Bonchev–Trinajstić information content (AvgIpc) is 4.06. The molecule has 0 saturated heterocycles. The van der Waals surface area contributed by atoms with E-state index in [1.54, 1.807) is 0 Å². The van der Waals surface area contributed by atoms with Crippen LogP contribution in [0.1, 0.15) is 0 Å². The van der Waals surface area contributed by atoms with Gasteiger partial charge in [-0.05, 0) is 72.8 Å². The fraction of sp³-hybridized carbons (Fsp3) is 0. The molecule has 0 saturated carbocycles. The van der Waals surface area contributed by atoms with Crippen LogP contribution in [0.25, 0.3) is 106 Å². The van der Waals surface area contributed by atoms with E-state index in [1.807, 2.05) is 12.1 Å². The zero-order valence-corrected chi connectivity index (χ0v) is 30.3. The number of imidazole rings is 4. The van der Waals surface area contributed by atoms with Crippen LogP contribution in [0.3, 0.4) is 0 Å². The highest BCUT2D eigenvalue weighted by molar-refractivity contribution is 6.09. The summed E-state index contributed by atoms with van der Waals surface area (Å²) in [6.07, 6.45) is 0. The summed E-state index contributed by atoms with van der Waals surface area (Å²) in [4.78, 5) is 21.4. The van der Waals surface area contributed by atoms with E-state index < -0.39 is 0 Å². The maximum absolute atomic E-state index is 5.50. The monoisotopic (exact) mass is 731 g/mol. The summed E-state index contributed by atoms with van der Waals surface area (Å²) in [5.74, 6) is 3.52. The summed E-state index contributed by atoms with van der Waals surface area (Å²) in [6, 6.07) is 61.1. The maximum atomic E-state index is 5.50. The number of hydrogen-bond acceptors (Lipinski definition) is 4. The first-order valence-corrected chi connectivity index (χ1v) is 19.0. The molecule has 0 radical (unpaired) electrons. The van der Waals surface area contributed by atoms with E-state index in [0.717, 1.165) is 78.0 Å². The minimum absolute atomic E-state index is 0.582. The summed E-state index contributed by atoms with van der Waals surface area (Å²) in [7, 11) is 0. The largest absolute Gasteiger partial charge is 0.309 e. The van der Waals surface area contributed by atoms with Gasteiger partial charge < -0.3 is 4.57 Å². The highest BCUT2D eigenvalue weighted by atomic mass is 15.3. The molecule has 0 aliphatic carbocycles. The van der Waals surface area contributed by atoms with Crippen molar-refractivity contribution >= 4 is 77.5 Å². The highest BCUT2D eigenvalue weighted by Crippen LogP contribution is 2.37. The molecule has 0 amide bonds. The minimum Gasteiger partial charge on any atom is -0.309 e. The Morgan fingerprint density at radius 2 is 0.719 bits per heavy atom.